The minimum Gasteiger partial charge on any atom is -0.437 e. The molecule has 0 amide bonds. The highest BCUT2D eigenvalue weighted by Crippen LogP contribution is 2.25. The number of hydrogen-bond acceptors (Lipinski definition) is 6. The summed E-state index contributed by atoms with van der Waals surface area (Å²) >= 11 is 0. The maximum absolute atomic E-state index is 8.98. The fourth-order valence-corrected chi connectivity index (χ4v) is 1.67. The molecule has 3 aromatic rings. The summed E-state index contributed by atoms with van der Waals surface area (Å²) in [5.74, 6) is 1.00. The summed E-state index contributed by atoms with van der Waals surface area (Å²) < 4.78 is 5.65. The number of nitrogen functional groups attached to an aromatic ring is 1. The molecule has 7 nitrogen and oxygen atoms in total. The van der Waals surface area contributed by atoms with Crippen molar-refractivity contribution in [1.82, 2.24) is 19.9 Å². The molecule has 7 heteroatoms. The number of hydrogen-bond donors (Lipinski definition) is 3. The predicted molar refractivity (Wildman–Crippen MR) is 68.5 cm³/mol. The van der Waals surface area contributed by atoms with Crippen LogP contribution in [0.15, 0.2) is 30.6 Å². The van der Waals surface area contributed by atoms with E-state index < -0.39 is 0 Å². The lowest BCUT2D eigenvalue weighted by Crippen LogP contribution is -1.98. The number of fused-ring (bicyclic) bond motifs is 1. The third-order valence-corrected chi connectivity index (χ3v) is 2.59. The first-order valence-corrected chi connectivity index (χ1v) is 5.60. The number of imidazole rings is 1. The lowest BCUT2D eigenvalue weighted by Gasteiger charge is -2.06. The molecule has 0 bridgehead atoms. The first kappa shape index (κ1) is 11.4. The van der Waals surface area contributed by atoms with Gasteiger partial charge < -0.3 is 20.6 Å². The number of aromatic nitrogens is 4. The summed E-state index contributed by atoms with van der Waals surface area (Å²) in [5.41, 5.74) is 7.44. The largest absolute Gasteiger partial charge is 0.437 e. The lowest BCUT2D eigenvalue weighted by atomic mass is 10.2. The van der Waals surface area contributed by atoms with E-state index in [9.17, 15) is 0 Å². The molecule has 0 aliphatic rings. The molecular formula is C12H11N5O2. The van der Waals surface area contributed by atoms with E-state index in [4.69, 9.17) is 15.6 Å². The van der Waals surface area contributed by atoms with Crippen LogP contribution in [-0.4, -0.2) is 25.0 Å². The second-order valence-electron chi connectivity index (χ2n) is 3.89. The van der Waals surface area contributed by atoms with Crippen LogP contribution in [0.1, 0.15) is 5.56 Å². The number of nitrogens with two attached hydrogens (primary N) is 1. The molecule has 0 saturated carbocycles. The minimum absolute atomic E-state index is 0.00840. The van der Waals surface area contributed by atoms with Crippen molar-refractivity contribution in [2.45, 2.75) is 6.61 Å². The van der Waals surface area contributed by atoms with Crippen LogP contribution in [0.4, 0.5) is 5.95 Å². The van der Waals surface area contributed by atoms with Gasteiger partial charge in [-0.15, -0.1) is 0 Å². The standard InChI is InChI=1S/C12H11N5O2/c13-12-16-10-9(14-6-15-10)11(17-12)19-8-3-1-7(5-18)2-4-8/h1-4,6,18H,5H2,(H3,13,14,15,16,17). The fourth-order valence-electron chi connectivity index (χ4n) is 1.67. The van der Waals surface area contributed by atoms with E-state index in [1.165, 1.54) is 6.33 Å². The van der Waals surface area contributed by atoms with Gasteiger partial charge in [0.05, 0.1) is 12.9 Å². The summed E-state index contributed by atoms with van der Waals surface area (Å²) in [4.78, 5) is 14.9. The summed E-state index contributed by atoms with van der Waals surface area (Å²) in [6, 6.07) is 7.02. The molecule has 0 aliphatic carbocycles. The topological polar surface area (TPSA) is 110 Å². The summed E-state index contributed by atoms with van der Waals surface area (Å²) in [7, 11) is 0. The Hall–Kier alpha value is -2.67. The van der Waals surface area contributed by atoms with Gasteiger partial charge in [0.15, 0.2) is 5.65 Å². The molecule has 0 aliphatic heterocycles. The van der Waals surface area contributed by atoms with Crippen LogP contribution < -0.4 is 10.5 Å². The van der Waals surface area contributed by atoms with E-state index in [-0.39, 0.29) is 12.6 Å². The van der Waals surface area contributed by atoms with Crippen molar-refractivity contribution in [3.8, 4) is 11.6 Å². The van der Waals surface area contributed by atoms with E-state index in [0.717, 1.165) is 5.56 Å². The Balaban J connectivity index is 1.97. The Kier molecular flexibility index (Phi) is 2.73. The number of aliphatic hydroxyl groups excluding tert-OH is 1. The maximum atomic E-state index is 8.98. The molecule has 0 saturated heterocycles. The smallest absolute Gasteiger partial charge is 0.250 e. The molecule has 0 unspecified atom stereocenters. The highest BCUT2D eigenvalue weighted by molar-refractivity contribution is 5.77. The van der Waals surface area contributed by atoms with E-state index in [1.807, 2.05) is 0 Å². The number of aliphatic hydroxyl groups is 1. The maximum Gasteiger partial charge on any atom is 0.250 e. The van der Waals surface area contributed by atoms with Crippen molar-refractivity contribution < 1.29 is 9.84 Å². The molecule has 0 fully saturated rings. The fraction of sp³-hybridized carbons (Fsp3) is 0.0833. The number of nitrogens with one attached hydrogen (secondary N) is 1. The zero-order chi connectivity index (χ0) is 13.2. The number of anilines is 1. The van der Waals surface area contributed by atoms with Gasteiger partial charge in [0, 0.05) is 0 Å². The van der Waals surface area contributed by atoms with Crippen molar-refractivity contribution in [2.24, 2.45) is 0 Å². The van der Waals surface area contributed by atoms with E-state index in [2.05, 4.69) is 19.9 Å². The van der Waals surface area contributed by atoms with Gasteiger partial charge in [-0.2, -0.15) is 9.97 Å². The monoisotopic (exact) mass is 257 g/mol. The summed E-state index contributed by atoms with van der Waals surface area (Å²) in [6.07, 6.45) is 1.50. The van der Waals surface area contributed by atoms with Gasteiger partial charge in [-0.1, -0.05) is 12.1 Å². The number of ether oxygens (including phenoxy) is 1. The molecule has 2 aromatic heterocycles. The average Bonchev–Trinajstić information content (AvgIpc) is 2.88. The van der Waals surface area contributed by atoms with Crippen molar-refractivity contribution in [1.29, 1.82) is 0 Å². The SMILES string of the molecule is Nc1nc(Oc2ccc(CO)cc2)c2[nH]cnc2n1. The number of rotatable bonds is 3. The molecule has 96 valence electrons. The summed E-state index contributed by atoms with van der Waals surface area (Å²) in [5, 5.41) is 8.98. The molecule has 19 heavy (non-hydrogen) atoms. The van der Waals surface area contributed by atoms with Gasteiger partial charge in [0.2, 0.25) is 5.95 Å². The van der Waals surface area contributed by atoms with Crippen LogP contribution in [0, 0.1) is 0 Å². The van der Waals surface area contributed by atoms with Crippen LogP contribution in [0.2, 0.25) is 0 Å². The van der Waals surface area contributed by atoms with Gasteiger partial charge in [-0.05, 0) is 17.7 Å². The van der Waals surface area contributed by atoms with E-state index in [0.29, 0.717) is 22.8 Å². The molecule has 0 radical (unpaired) electrons. The average molecular weight is 257 g/mol. The Morgan fingerprint density at radius 1 is 1.21 bits per heavy atom. The molecule has 3 rings (SSSR count). The number of nitrogens with zero attached hydrogens (tertiary/aromatic N) is 3. The van der Waals surface area contributed by atoms with Crippen molar-refractivity contribution in [3.63, 3.8) is 0 Å². The van der Waals surface area contributed by atoms with Crippen LogP contribution in [-0.2, 0) is 6.61 Å². The van der Waals surface area contributed by atoms with Gasteiger partial charge in [0.25, 0.3) is 5.88 Å². The number of H-pyrrole nitrogens is 1. The molecule has 2 heterocycles. The van der Waals surface area contributed by atoms with Crippen molar-refractivity contribution in [2.75, 3.05) is 5.73 Å². The Morgan fingerprint density at radius 2 is 2.00 bits per heavy atom. The highest BCUT2D eigenvalue weighted by Gasteiger charge is 2.10. The molecular weight excluding hydrogens is 246 g/mol. The van der Waals surface area contributed by atoms with Gasteiger partial charge >= 0.3 is 0 Å². The molecule has 4 N–H and O–H groups in total. The van der Waals surface area contributed by atoms with E-state index in [1.54, 1.807) is 24.3 Å². The minimum atomic E-state index is -0.00840. The zero-order valence-electron chi connectivity index (χ0n) is 9.87. The Morgan fingerprint density at radius 3 is 2.74 bits per heavy atom. The van der Waals surface area contributed by atoms with Crippen LogP contribution in [0.3, 0.4) is 0 Å². The van der Waals surface area contributed by atoms with Crippen LogP contribution >= 0.6 is 0 Å². The predicted octanol–water partition coefficient (Wildman–Crippen LogP) is 1.22. The second-order valence-corrected chi connectivity index (χ2v) is 3.89. The first-order chi connectivity index (χ1) is 9.26. The quantitative estimate of drug-likeness (QED) is 0.650. The normalized spacial score (nSPS) is 10.8. The molecule has 1 aromatic carbocycles. The van der Waals surface area contributed by atoms with Gasteiger partial charge in [-0.3, -0.25) is 0 Å². The third-order valence-electron chi connectivity index (χ3n) is 2.59. The first-order valence-electron chi connectivity index (χ1n) is 5.60. The highest BCUT2D eigenvalue weighted by atomic mass is 16.5. The van der Waals surface area contributed by atoms with Crippen molar-refractivity contribution in [3.05, 3.63) is 36.2 Å². The zero-order valence-corrected chi connectivity index (χ0v) is 9.87. The Bertz CT molecular complexity index is 708. The number of aromatic amines is 1. The van der Waals surface area contributed by atoms with Gasteiger partial charge in [-0.25, -0.2) is 4.98 Å². The van der Waals surface area contributed by atoms with Gasteiger partial charge in [0.1, 0.15) is 11.3 Å². The molecule has 0 spiro atoms. The molecule has 0 atom stereocenters. The van der Waals surface area contributed by atoms with Crippen LogP contribution in [0.5, 0.6) is 11.6 Å². The number of benzene rings is 1. The Labute approximate surface area is 108 Å². The summed E-state index contributed by atoms with van der Waals surface area (Å²) in [6.45, 7) is -0.00840. The lowest BCUT2D eigenvalue weighted by molar-refractivity contribution is 0.281. The van der Waals surface area contributed by atoms with E-state index >= 15 is 0 Å². The van der Waals surface area contributed by atoms with Crippen molar-refractivity contribution >= 4 is 17.1 Å². The van der Waals surface area contributed by atoms with Crippen LogP contribution in [0.25, 0.3) is 11.2 Å². The third kappa shape index (κ3) is 2.18. The second kappa shape index (κ2) is 4.54.